The highest BCUT2D eigenvalue weighted by Gasteiger charge is 2.55. The molecule has 13 heavy (non-hydrogen) atoms. The Morgan fingerprint density at radius 3 is 2.92 bits per heavy atom. The maximum atomic E-state index is 9.60. The molecule has 1 saturated carbocycles. The predicted octanol–water partition coefficient (Wildman–Crippen LogP) is -0.0244. The van der Waals surface area contributed by atoms with Gasteiger partial charge in [0.25, 0.3) is 0 Å². The van der Waals surface area contributed by atoms with Crippen LogP contribution in [0.1, 0.15) is 18.4 Å². The zero-order valence-electron chi connectivity index (χ0n) is 7.16. The smallest absolute Gasteiger partial charge is 0.423 e. The largest absolute Gasteiger partial charge is 0.492 e. The van der Waals surface area contributed by atoms with E-state index in [0.717, 1.165) is 23.9 Å². The zero-order valence-corrected chi connectivity index (χ0v) is 7.16. The van der Waals surface area contributed by atoms with E-state index in [1.807, 2.05) is 12.1 Å². The Morgan fingerprint density at radius 2 is 2.23 bits per heavy atom. The molecule has 0 saturated heterocycles. The Hall–Kier alpha value is -0.995. The molecule has 3 rings (SSSR count). The molecule has 0 bridgehead atoms. The van der Waals surface area contributed by atoms with Crippen LogP contribution in [0.2, 0.25) is 0 Å². The fourth-order valence-electron chi connectivity index (χ4n) is 2.04. The molecule has 4 heteroatoms. The second-order valence-electron chi connectivity index (χ2n) is 3.81. The molecule has 1 aliphatic heterocycles. The summed E-state index contributed by atoms with van der Waals surface area (Å²) in [6, 6.07) is 5.63. The minimum Gasteiger partial charge on any atom is -0.423 e. The number of benzene rings is 1. The third-order valence-corrected chi connectivity index (χ3v) is 2.87. The third-order valence-electron chi connectivity index (χ3n) is 2.87. The molecule has 1 aliphatic carbocycles. The summed E-state index contributed by atoms with van der Waals surface area (Å²) in [5.74, 6) is 0. The van der Waals surface area contributed by atoms with Gasteiger partial charge in [0.2, 0.25) is 0 Å². The van der Waals surface area contributed by atoms with Gasteiger partial charge in [0.1, 0.15) is 0 Å². The molecule has 0 aromatic heterocycles. The van der Waals surface area contributed by atoms with E-state index in [4.69, 9.17) is 10.4 Å². The SMILES string of the molecule is Nc1ccc2c(c1)B(O)OC21CC1. The first-order valence-electron chi connectivity index (χ1n) is 4.47. The maximum absolute atomic E-state index is 9.60. The molecule has 0 unspecified atom stereocenters. The zero-order chi connectivity index (χ0) is 9.05. The Labute approximate surface area is 76.7 Å². The Bertz CT molecular complexity index is 376. The summed E-state index contributed by atoms with van der Waals surface area (Å²) in [7, 11) is -0.777. The third kappa shape index (κ3) is 0.871. The quantitative estimate of drug-likeness (QED) is 0.430. The van der Waals surface area contributed by atoms with Gasteiger partial charge in [-0.15, -0.1) is 0 Å². The van der Waals surface area contributed by atoms with Crippen LogP contribution >= 0.6 is 0 Å². The van der Waals surface area contributed by atoms with Gasteiger partial charge in [0.05, 0.1) is 5.60 Å². The lowest BCUT2D eigenvalue weighted by molar-refractivity contribution is 0.167. The van der Waals surface area contributed by atoms with Crippen molar-refractivity contribution in [2.45, 2.75) is 18.4 Å². The molecule has 0 amide bonds. The first kappa shape index (κ1) is 7.41. The molecular weight excluding hydrogens is 165 g/mol. The van der Waals surface area contributed by atoms with E-state index < -0.39 is 7.12 Å². The molecular formula is C9H10BNO2. The molecule has 0 atom stereocenters. The maximum Gasteiger partial charge on any atom is 0.492 e. The van der Waals surface area contributed by atoms with Gasteiger partial charge in [-0.2, -0.15) is 0 Å². The number of fused-ring (bicyclic) bond motifs is 2. The highest BCUT2D eigenvalue weighted by molar-refractivity contribution is 6.62. The van der Waals surface area contributed by atoms with Crippen LogP contribution < -0.4 is 11.2 Å². The molecule has 0 radical (unpaired) electrons. The van der Waals surface area contributed by atoms with Crippen LogP contribution in [0.3, 0.4) is 0 Å². The van der Waals surface area contributed by atoms with Crippen LogP contribution in [0.15, 0.2) is 18.2 Å². The highest BCUT2D eigenvalue weighted by atomic mass is 16.5. The fourth-order valence-corrected chi connectivity index (χ4v) is 2.04. The number of nitrogens with two attached hydrogens (primary N) is 1. The lowest BCUT2D eigenvalue weighted by Gasteiger charge is -2.07. The molecule has 1 heterocycles. The van der Waals surface area contributed by atoms with Gasteiger partial charge in [-0.3, -0.25) is 0 Å². The van der Waals surface area contributed by atoms with Gasteiger partial charge >= 0.3 is 7.12 Å². The Kier molecular flexibility index (Phi) is 1.19. The van der Waals surface area contributed by atoms with Crippen molar-refractivity contribution in [2.75, 3.05) is 5.73 Å². The number of rotatable bonds is 0. The molecule has 2 aliphatic rings. The lowest BCUT2D eigenvalue weighted by atomic mass is 9.79. The van der Waals surface area contributed by atoms with Crippen molar-refractivity contribution >= 4 is 18.3 Å². The van der Waals surface area contributed by atoms with Crippen LogP contribution in [-0.2, 0) is 10.3 Å². The van der Waals surface area contributed by atoms with Crippen LogP contribution in [0.4, 0.5) is 5.69 Å². The van der Waals surface area contributed by atoms with E-state index in [2.05, 4.69) is 0 Å². The van der Waals surface area contributed by atoms with Crippen molar-refractivity contribution in [3.05, 3.63) is 23.8 Å². The standard InChI is InChI=1S/C9H10BNO2/c11-6-1-2-7-8(5-6)10(12)13-9(7)3-4-9/h1-2,5,12H,3-4,11H2. The van der Waals surface area contributed by atoms with E-state index in [1.54, 1.807) is 6.07 Å². The van der Waals surface area contributed by atoms with Gasteiger partial charge in [0.15, 0.2) is 0 Å². The summed E-state index contributed by atoms with van der Waals surface area (Å²) in [4.78, 5) is 0. The van der Waals surface area contributed by atoms with Gasteiger partial charge in [-0.05, 0) is 36.0 Å². The Balaban J connectivity index is 2.19. The molecule has 3 N–H and O–H groups in total. The summed E-state index contributed by atoms with van der Waals surface area (Å²) in [6.07, 6.45) is 2.03. The lowest BCUT2D eigenvalue weighted by Crippen LogP contribution is -2.28. The van der Waals surface area contributed by atoms with Crippen LogP contribution in [-0.4, -0.2) is 12.1 Å². The summed E-state index contributed by atoms with van der Waals surface area (Å²) < 4.78 is 5.49. The summed E-state index contributed by atoms with van der Waals surface area (Å²) in [5, 5.41) is 9.60. The van der Waals surface area contributed by atoms with E-state index in [9.17, 15) is 5.02 Å². The molecule has 3 nitrogen and oxygen atoms in total. The average molecular weight is 175 g/mol. The molecule has 66 valence electrons. The minimum absolute atomic E-state index is 0.164. The van der Waals surface area contributed by atoms with Gasteiger partial charge in [-0.1, -0.05) is 6.07 Å². The summed E-state index contributed by atoms with van der Waals surface area (Å²) in [5.41, 5.74) is 8.12. The van der Waals surface area contributed by atoms with Crippen molar-refractivity contribution in [2.24, 2.45) is 0 Å². The second-order valence-corrected chi connectivity index (χ2v) is 3.81. The molecule has 1 spiro atoms. The van der Waals surface area contributed by atoms with Gasteiger partial charge in [-0.25, -0.2) is 0 Å². The average Bonchev–Trinajstić information content (AvgIpc) is 2.79. The number of hydrogen-bond acceptors (Lipinski definition) is 3. The van der Waals surface area contributed by atoms with Crippen LogP contribution in [0.25, 0.3) is 0 Å². The van der Waals surface area contributed by atoms with E-state index in [-0.39, 0.29) is 5.60 Å². The van der Waals surface area contributed by atoms with Crippen molar-refractivity contribution in [1.29, 1.82) is 0 Å². The molecule has 1 fully saturated rings. The van der Waals surface area contributed by atoms with E-state index >= 15 is 0 Å². The normalized spacial score (nSPS) is 22.1. The monoisotopic (exact) mass is 175 g/mol. The van der Waals surface area contributed by atoms with Crippen molar-refractivity contribution < 1.29 is 9.68 Å². The Morgan fingerprint density at radius 1 is 1.46 bits per heavy atom. The molecule has 1 aromatic rings. The molecule has 1 aromatic carbocycles. The summed E-state index contributed by atoms with van der Waals surface area (Å²) >= 11 is 0. The first-order chi connectivity index (χ1) is 6.21. The van der Waals surface area contributed by atoms with Crippen molar-refractivity contribution in [3.8, 4) is 0 Å². The van der Waals surface area contributed by atoms with Gasteiger partial charge in [0, 0.05) is 5.69 Å². The number of hydrogen-bond donors (Lipinski definition) is 2. The fraction of sp³-hybridized carbons (Fsp3) is 0.333. The van der Waals surface area contributed by atoms with Gasteiger partial charge < -0.3 is 15.4 Å². The minimum atomic E-state index is -0.777. The van der Waals surface area contributed by atoms with Crippen LogP contribution in [0, 0.1) is 0 Å². The number of nitrogen functional groups attached to an aromatic ring is 1. The summed E-state index contributed by atoms with van der Waals surface area (Å²) in [6.45, 7) is 0. The first-order valence-corrected chi connectivity index (χ1v) is 4.47. The van der Waals surface area contributed by atoms with E-state index in [0.29, 0.717) is 5.69 Å². The van der Waals surface area contributed by atoms with Crippen molar-refractivity contribution in [3.63, 3.8) is 0 Å². The highest BCUT2D eigenvalue weighted by Crippen LogP contribution is 2.51. The van der Waals surface area contributed by atoms with Crippen molar-refractivity contribution in [1.82, 2.24) is 0 Å². The number of anilines is 1. The predicted molar refractivity (Wildman–Crippen MR) is 50.5 cm³/mol. The van der Waals surface area contributed by atoms with Crippen LogP contribution in [0.5, 0.6) is 0 Å². The second kappa shape index (κ2) is 2.08. The van der Waals surface area contributed by atoms with E-state index in [1.165, 1.54) is 0 Å². The topological polar surface area (TPSA) is 55.5 Å².